The van der Waals surface area contributed by atoms with Crippen molar-refractivity contribution in [2.45, 2.75) is 19.3 Å². The normalized spacial score (nSPS) is 13.6. The van der Waals surface area contributed by atoms with Crippen LogP contribution in [-0.4, -0.2) is 21.8 Å². The van der Waals surface area contributed by atoms with Crippen molar-refractivity contribution in [3.63, 3.8) is 0 Å². The summed E-state index contributed by atoms with van der Waals surface area (Å²) in [5.74, 6) is 1.11. The number of benzene rings is 2. The van der Waals surface area contributed by atoms with Crippen LogP contribution in [0, 0.1) is 0 Å². The number of amides is 2. The highest BCUT2D eigenvalue weighted by Crippen LogP contribution is 2.25. The molecule has 0 saturated heterocycles. The molecule has 0 unspecified atom stereocenters. The molecule has 7 nitrogen and oxygen atoms in total. The van der Waals surface area contributed by atoms with E-state index in [1.165, 1.54) is 0 Å². The molecular formula is C22H18N4O3. The van der Waals surface area contributed by atoms with Gasteiger partial charge in [-0.2, -0.15) is 0 Å². The molecular weight excluding hydrogens is 368 g/mol. The van der Waals surface area contributed by atoms with Crippen LogP contribution in [0.25, 0.3) is 22.6 Å². The van der Waals surface area contributed by atoms with Crippen LogP contribution in [0.5, 0.6) is 0 Å². The topological polar surface area (TPSA) is 100 Å². The third-order valence-electron chi connectivity index (χ3n) is 4.99. The summed E-state index contributed by atoms with van der Waals surface area (Å²) < 4.78 is 5.37. The molecule has 3 heterocycles. The lowest BCUT2D eigenvalue weighted by molar-refractivity contribution is -0.116. The largest absolute Gasteiger partial charge is 0.461 e. The van der Waals surface area contributed by atoms with Crippen LogP contribution in [-0.2, 0) is 11.2 Å². The molecule has 0 fully saturated rings. The number of aromatic amines is 1. The minimum atomic E-state index is -0.200. The maximum Gasteiger partial charge on any atom is 0.255 e. The Kier molecular flexibility index (Phi) is 4.13. The zero-order valence-corrected chi connectivity index (χ0v) is 15.5. The fourth-order valence-electron chi connectivity index (χ4n) is 3.54. The summed E-state index contributed by atoms with van der Waals surface area (Å²) in [6, 6.07) is 14.5. The Labute approximate surface area is 166 Å². The molecule has 2 amide bonds. The second kappa shape index (κ2) is 6.94. The third kappa shape index (κ3) is 3.38. The summed E-state index contributed by atoms with van der Waals surface area (Å²) in [4.78, 5) is 32.1. The maximum atomic E-state index is 12.7. The number of carbonyl (C=O) groups is 2. The number of rotatable bonds is 3. The first-order valence-corrected chi connectivity index (χ1v) is 9.43. The molecule has 1 aliphatic rings. The molecule has 0 spiro atoms. The molecule has 0 aliphatic carbocycles. The van der Waals surface area contributed by atoms with Gasteiger partial charge < -0.3 is 20.0 Å². The van der Waals surface area contributed by atoms with Crippen LogP contribution in [0.3, 0.4) is 0 Å². The molecule has 3 N–H and O–H groups in total. The Morgan fingerprint density at radius 1 is 1.10 bits per heavy atom. The lowest BCUT2D eigenvalue weighted by atomic mass is 10.0. The molecule has 2 aromatic heterocycles. The third-order valence-corrected chi connectivity index (χ3v) is 4.99. The second-order valence-electron chi connectivity index (χ2n) is 7.02. The van der Waals surface area contributed by atoms with Crippen molar-refractivity contribution >= 4 is 34.2 Å². The van der Waals surface area contributed by atoms with E-state index < -0.39 is 0 Å². The highest BCUT2D eigenvalue weighted by molar-refractivity contribution is 6.05. The number of aryl methyl sites for hydroxylation is 1. The molecule has 5 rings (SSSR count). The Morgan fingerprint density at radius 3 is 2.90 bits per heavy atom. The number of nitrogens with zero attached hydrogens (tertiary/aromatic N) is 1. The van der Waals surface area contributed by atoms with Gasteiger partial charge in [-0.05, 0) is 66.9 Å². The van der Waals surface area contributed by atoms with E-state index in [4.69, 9.17) is 4.42 Å². The maximum absolute atomic E-state index is 12.7. The average Bonchev–Trinajstić information content (AvgIpc) is 3.34. The quantitative estimate of drug-likeness (QED) is 0.487. The molecule has 0 bridgehead atoms. The van der Waals surface area contributed by atoms with Gasteiger partial charge in [0.1, 0.15) is 0 Å². The Hall–Kier alpha value is -3.87. The standard InChI is InChI=1S/C22H18N4O3/c27-20-5-1-3-13-11-14(6-8-16(13)24-20)22(28)23-15-7-9-17-18(12-15)26-21(25-17)19-4-2-10-29-19/h2,4,6-12H,1,3,5H2,(H,23,28)(H,24,27)(H,25,26). The van der Waals surface area contributed by atoms with E-state index in [9.17, 15) is 9.59 Å². The van der Waals surface area contributed by atoms with E-state index in [-0.39, 0.29) is 11.8 Å². The lowest BCUT2D eigenvalue weighted by Gasteiger charge is -2.10. The van der Waals surface area contributed by atoms with Crippen molar-refractivity contribution in [1.82, 2.24) is 9.97 Å². The van der Waals surface area contributed by atoms with E-state index >= 15 is 0 Å². The van der Waals surface area contributed by atoms with Gasteiger partial charge in [0.15, 0.2) is 11.6 Å². The first-order chi connectivity index (χ1) is 14.2. The van der Waals surface area contributed by atoms with E-state index in [2.05, 4.69) is 20.6 Å². The lowest BCUT2D eigenvalue weighted by Crippen LogP contribution is -2.13. The van der Waals surface area contributed by atoms with Gasteiger partial charge in [-0.25, -0.2) is 4.98 Å². The number of hydrogen-bond acceptors (Lipinski definition) is 4. The Balaban J connectivity index is 1.38. The van der Waals surface area contributed by atoms with Gasteiger partial charge in [0.25, 0.3) is 5.91 Å². The van der Waals surface area contributed by atoms with E-state index in [0.717, 1.165) is 35.1 Å². The van der Waals surface area contributed by atoms with Gasteiger partial charge in [0.2, 0.25) is 5.91 Å². The van der Waals surface area contributed by atoms with Crippen molar-refractivity contribution in [1.29, 1.82) is 0 Å². The summed E-state index contributed by atoms with van der Waals surface area (Å²) in [6.07, 6.45) is 3.64. The van der Waals surface area contributed by atoms with Crippen molar-refractivity contribution in [2.75, 3.05) is 10.6 Å². The molecule has 144 valence electrons. The van der Waals surface area contributed by atoms with Gasteiger partial charge in [0, 0.05) is 23.4 Å². The fourth-order valence-corrected chi connectivity index (χ4v) is 3.54. The first kappa shape index (κ1) is 17.2. The summed E-state index contributed by atoms with van der Waals surface area (Å²) in [5.41, 5.74) is 4.58. The number of furan rings is 1. The smallest absolute Gasteiger partial charge is 0.255 e. The van der Waals surface area contributed by atoms with Crippen LogP contribution < -0.4 is 10.6 Å². The summed E-state index contributed by atoms with van der Waals surface area (Å²) >= 11 is 0. The molecule has 29 heavy (non-hydrogen) atoms. The van der Waals surface area contributed by atoms with Crippen molar-refractivity contribution in [2.24, 2.45) is 0 Å². The summed E-state index contributed by atoms with van der Waals surface area (Å²) in [6.45, 7) is 0. The van der Waals surface area contributed by atoms with Gasteiger partial charge in [-0.15, -0.1) is 0 Å². The molecule has 4 aromatic rings. The van der Waals surface area contributed by atoms with Gasteiger partial charge in [-0.3, -0.25) is 9.59 Å². The number of hydrogen-bond donors (Lipinski definition) is 3. The zero-order valence-electron chi connectivity index (χ0n) is 15.5. The van der Waals surface area contributed by atoms with Crippen molar-refractivity contribution in [3.05, 3.63) is 65.9 Å². The monoisotopic (exact) mass is 386 g/mol. The highest BCUT2D eigenvalue weighted by Gasteiger charge is 2.16. The minimum Gasteiger partial charge on any atom is -0.461 e. The molecule has 1 aliphatic heterocycles. The highest BCUT2D eigenvalue weighted by atomic mass is 16.3. The fraction of sp³-hybridized carbons (Fsp3) is 0.136. The van der Waals surface area contributed by atoms with E-state index in [1.807, 2.05) is 30.3 Å². The van der Waals surface area contributed by atoms with Crippen LogP contribution in [0.4, 0.5) is 11.4 Å². The number of imidazole rings is 1. The predicted octanol–water partition coefficient (Wildman–Crippen LogP) is 4.35. The Bertz CT molecular complexity index is 1220. The summed E-state index contributed by atoms with van der Waals surface area (Å²) in [5, 5.41) is 5.81. The van der Waals surface area contributed by atoms with Gasteiger partial charge in [-0.1, -0.05) is 0 Å². The predicted molar refractivity (Wildman–Crippen MR) is 110 cm³/mol. The number of aromatic nitrogens is 2. The van der Waals surface area contributed by atoms with Crippen molar-refractivity contribution < 1.29 is 14.0 Å². The first-order valence-electron chi connectivity index (χ1n) is 9.43. The van der Waals surface area contributed by atoms with Crippen LogP contribution in [0.15, 0.2) is 59.2 Å². The Morgan fingerprint density at radius 2 is 2.03 bits per heavy atom. The number of carbonyl (C=O) groups excluding carboxylic acids is 2. The number of nitrogens with one attached hydrogen (secondary N) is 3. The molecule has 0 radical (unpaired) electrons. The SMILES string of the molecule is O=C1CCCc2cc(C(=O)Nc3ccc4nc(-c5ccco5)[nH]c4c3)ccc2N1. The van der Waals surface area contributed by atoms with Gasteiger partial charge >= 0.3 is 0 Å². The zero-order chi connectivity index (χ0) is 19.8. The van der Waals surface area contributed by atoms with E-state index in [0.29, 0.717) is 29.3 Å². The van der Waals surface area contributed by atoms with E-state index in [1.54, 1.807) is 24.5 Å². The molecule has 7 heteroatoms. The average molecular weight is 386 g/mol. The van der Waals surface area contributed by atoms with Crippen LogP contribution in [0.2, 0.25) is 0 Å². The molecule has 0 atom stereocenters. The number of H-pyrrole nitrogens is 1. The van der Waals surface area contributed by atoms with Crippen molar-refractivity contribution in [3.8, 4) is 11.6 Å². The van der Waals surface area contributed by atoms with Crippen LogP contribution >= 0.6 is 0 Å². The minimum absolute atomic E-state index is 0.0164. The molecule has 2 aromatic carbocycles. The molecule has 0 saturated carbocycles. The second-order valence-corrected chi connectivity index (χ2v) is 7.02. The van der Waals surface area contributed by atoms with Crippen LogP contribution in [0.1, 0.15) is 28.8 Å². The summed E-state index contributed by atoms with van der Waals surface area (Å²) in [7, 11) is 0. The number of fused-ring (bicyclic) bond motifs is 2. The number of anilines is 2. The van der Waals surface area contributed by atoms with Gasteiger partial charge in [0.05, 0.1) is 17.3 Å².